The summed E-state index contributed by atoms with van der Waals surface area (Å²) in [4.78, 5) is 29.4. The fraction of sp³-hybridized carbons (Fsp3) is 0.0938. The average molecular weight is 637 g/mol. The van der Waals surface area contributed by atoms with Crippen LogP contribution in [0.4, 0.5) is 0 Å². The van der Waals surface area contributed by atoms with Crippen LogP contribution >= 0.6 is 34.8 Å². The highest BCUT2D eigenvalue weighted by Crippen LogP contribution is 2.38. The number of nitrogens with zero attached hydrogens (tertiary/aromatic N) is 1. The number of hydrogen-bond acceptors (Lipinski definition) is 6. The number of amides is 1. The van der Waals surface area contributed by atoms with Crippen LogP contribution in [0.25, 0.3) is 22.0 Å². The minimum Gasteiger partial charge on any atom is -0.496 e. The summed E-state index contributed by atoms with van der Waals surface area (Å²) in [6, 6.07) is 22.1. The van der Waals surface area contributed by atoms with Crippen LogP contribution in [0.2, 0.25) is 15.1 Å². The molecule has 0 fully saturated rings. The second kappa shape index (κ2) is 13.2. The number of esters is 1. The van der Waals surface area contributed by atoms with Crippen molar-refractivity contribution in [2.45, 2.75) is 6.92 Å². The number of fused-ring (bicyclic) bond motifs is 1. The number of rotatable bonds is 9. The second-order valence-electron chi connectivity index (χ2n) is 9.12. The van der Waals surface area contributed by atoms with Gasteiger partial charge in [0.1, 0.15) is 17.0 Å². The number of halogens is 3. The Morgan fingerprint density at radius 1 is 0.907 bits per heavy atom. The van der Waals surface area contributed by atoms with Gasteiger partial charge in [0.25, 0.3) is 5.91 Å². The van der Waals surface area contributed by atoms with Gasteiger partial charge in [0, 0.05) is 37.1 Å². The van der Waals surface area contributed by atoms with Crippen LogP contribution < -0.4 is 19.6 Å². The molecule has 1 aromatic heterocycles. The van der Waals surface area contributed by atoms with Crippen LogP contribution in [0, 0.1) is 0 Å². The number of aromatic amines is 1. The molecule has 218 valence electrons. The summed E-state index contributed by atoms with van der Waals surface area (Å²) in [5, 5.41) is 6.26. The van der Waals surface area contributed by atoms with Crippen LogP contribution in [0.5, 0.6) is 17.2 Å². The largest absolute Gasteiger partial charge is 0.496 e. The zero-order valence-electron chi connectivity index (χ0n) is 22.9. The number of methoxy groups -OCH3 is 1. The third-order valence-electron chi connectivity index (χ3n) is 6.36. The minimum atomic E-state index is -0.664. The lowest BCUT2D eigenvalue weighted by Gasteiger charge is -2.13. The smallest absolute Gasteiger partial charge is 0.347 e. The van der Waals surface area contributed by atoms with E-state index < -0.39 is 11.9 Å². The van der Waals surface area contributed by atoms with Gasteiger partial charge < -0.3 is 19.2 Å². The van der Waals surface area contributed by atoms with Crippen LogP contribution in [-0.4, -0.2) is 36.8 Å². The first kappa shape index (κ1) is 30.0. The zero-order valence-corrected chi connectivity index (χ0v) is 25.2. The van der Waals surface area contributed by atoms with Gasteiger partial charge >= 0.3 is 5.97 Å². The lowest BCUT2D eigenvalue weighted by molar-refractivity contribution is 0.0724. The Balaban J connectivity index is 1.38. The summed E-state index contributed by atoms with van der Waals surface area (Å²) >= 11 is 18.8. The maximum Gasteiger partial charge on any atom is 0.347 e. The van der Waals surface area contributed by atoms with E-state index in [1.165, 1.54) is 19.4 Å². The molecule has 0 aliphatic heterocycles. The van der Waals surface area contributed by atoms with Crippen LogP contribution in [-0.2, 0) is 0 Å². The molecule has 5 rings (SSSR count). The fourth-order valence-electron chi connectivity index (χ4n) is 4.45. The minimum absolute atomic E-state index is 0.168. The summed E-state index contributed by atoms with van der Waals surface area (Å²) < 4.78 is 16.6. The molecule has 2 N–H and O–H groups in total. The highest BCUT2D eigenvalue weighted by molar-refractivity contribution is 6.35. The van der Waals surface area contributed by atoms with Crippen molar-refractivity contribution in [1.82, 2.24) is 10.4 Å². The summed E-state index contributed by atoms with van der Waals surface area (Å²) in [7, 11) is 1.45. The SMILES string of the molecule is CCOc1cc(C=NNC(=O)c2[nH]c3ccc(Cl)cc3c2-c2ccccc2Cl)ccc1OC(=O)c1cc(Cl)ccc1OC. The monoisotopic (exact) mass is 635 g/mol. The van der Waals surface area contributed by atoms with E-state index >= 15 is 0 Å². The van der Waals surface area contributed by atoms with E-state index in [4.69, 9.17) is 49.0 Å². The van der Waals surface area contributed by atoms with Crippen molar-refractivity contribution in [2.24, 2.45) is 5.10 Å². The molecule has 8 nitrogen and oxygen atoms in total. The molecule has 0 aliphatic carbocycles. The number of aromatic nitrogens is 1. The molecule has 11 heteroatoms. The third-order valence-corrected chi connectivity index (χ3v) is 7.16. The molecule has 0 atom stereocenters. The summed E-state index contributed by atoms with van der Waals surface area (Å²) in [5.74, 6) is -0.327. The lowest BCUT2D eigenvalue weighted by Crippen LogP contribution is -2.19. The van der Waals surface area contributed by atoms with E-state index in [2.05, 4.69) is 15.5 Å². The molecule has 0 saturated heterocycles. The quantitative estimate of drug-likeness (QED) is 0.0735. The summed E-state index contributed by atoms with van der Waals surface area (Å²) in [6.07, 6.45) is 1.45. The van der Waals surface area contributed by atoms with Crippen molar-refractivity contribution < 1.29 is 23.8 Å². The topological polar surface area (TPSA) is 102 Å². The zero-order chi connectivity index (χ0) is 30.5. The highest BCUT2D eigenvalue weighted by atomic mass is 35.5. The fourth-order valence-corrected chi connectivity index (χ4v) is 5.03. The molecular formula is C32H24Cl3N3O5. The van der Waals surface area contributed by atoms with Crippen molar-refractivity contribution in [3.05, 3.63) is 111 Å². The summed E-state index contributed by atoms with van der Waals surface area (Å²) in [5.41, 5.74) is 5.59. The van der Waals surface area contributed by atoms with Gasteiger partial charge in [-0.25, -0.2) is 10.2 Å². The Bertz CT molecular complexity index is 1870. The van der Waals surface area contributed by atoms with Gasteiger partial charge in [-0.2, -0.15) is 5.10 Å². The van der Waals surface area contributed by atoms with E-state index in [9.17, 15) is 9.59 Å². The van der Waals surface area contributed by atoms with Crippen molar-refractivity contribution in [3.63, 3.8) is 0 Å². The number of carbonyl (C=O) groups is 2. The van der Waals surface area contributed by atoms with Gasteiger partial charge in [-0.15, -0.1) is 0 Å². The van der Waals surface area contributed by atoms with Crippen molar-refractivity contribution in [3.8, 4) is 28.4 Å². The van der Waals surface area contributed by atoms with E-state index in [0.717, 1.165) is 10.9 Å². The van der Waals surface area contributed by atoms with Gasteiger partial charge in [0.15, 0.2) is 11.5 Å². The maximum absolute atomic E-state index is 13.3. The van der Waals surface area contributed by atoms with E-state index in [0.29, 0.717) is 49.9 Å². The summed E-state index contributed by atoms with van der Waals surface area (Å²) in [6.45, 7) is 2.12. The molecule has 0 aliphatic rings. The molecule has 4 aromatic carbocycles. The molecule has 1 amide bonds. The Labute approximate surface area is 262 Å². The Morgan fingerprint density at radius 3 is 2.42 bits per heavy atom. The van der Waals surface area contributed by atoms with Crippen molar-refractivity contribution in [1.29, 1.82) is 0 Å². The number of benzene rings is 4. The molecule has 1 heterocycles. The Kier molecular flexibility index (Phi) is 9.21. The number of carbonyl (C=O) groups excluding carboxylic acids is 2. The predicted molar refractivity (Wildman–Crippen MR) is 169 cm³/mol. The van der Waals surface area contributed by atoms with E-state index in [-0.39, 0.29) is 17.0 Å². The van der Waals surface area contributed by atoms with Gasteiger partial charge in [-0.05, 0) is 73.2 Å². The number of hydrogen-bond donors (Lipinski definition) is 2. The molecule has 5 aromatic rings. The van der Waals surface area contributed by atoms with Crippen molar-refractivity contribution >= 4 is 63.8 Å². The van der Waals surface area contributed by atoms with Gasteiger partial charge in [0.05, 0.1) is 19.9 Å². The van der Waals surface area contributed by atoms with Gasteiger partial charge in [-0.3, -0.25) is 4.79 Å². The van der Waals surface area contributed by atoms with E-state index in [1.807, 2.05) is 18.2 Å². The van der Waals surface area contributed by atoms with Crippen LogP contribution in [0.15, 0.2) is 84.0 Å². The molecule has 43 heavy (non-hydrogen) atoms. The number of nitrogens with one attached hydrogen (secondary N) is 2. The number of ether oxygens (including phenoxy) is 3. The average Bonchev–Trinajstić information content (AvgIpc) is 3.37. The molecular weight excluding hydrogens is 613 g/mol. The standard InChI is InChI=1S/C32H24Cl3N3O5/c1-3-42-28-14-18(8-12-27(28)43-32(40)23-16-20(34)10-13-26(23)41-2)17-36-38-31(39)30-29(21-6-4-5-7-24(21)35)22-15-19(33)9-11-25(22)37-30/h4-17,37H,3H2,1-2H3,(H,38,39). The van der Waals surface area contributed by atoms with Crippen LogP contribution in [0.3, 0.4) is 0 Å². The Morgan fingerprint density at radius 2 is 1.65 bits per heavy atom. The first-order chi connectivity index (χ1) is 20.8. The van der Waals surface area contributed by atoms with Gasteiger partial charge in [0.2, 0.25) is 0 Å². The number of H-pyrrole nitrogens is 1. The van der Waals surface area contributed by atoms with E-state index in [1.54, 1.807) is 61.5 Å². The molecule has 0 unspecified atom stereocenters. The molecule has 0 saturated carbocycles. The van der Waals surface area contributed by atoms with Crippen LogP contribution in [0.1, 0.15) is 33.3 Å². The van der Waals surface area contributed by atoms with Gasteiger partial charge in [-0.1, -0.05) is 53.0 Å². The third kappa shape index (κ3) is 6.62. The second-order valence-corrected chi connectivity index (χ2v) is 10.4. The number of hydrazone groups is 1. The predicted octanol–water partition coefficient (Wildman–Crippen LogP) is 8.19. The highest BCUT2D eigenvalue weighted by Gasteiger charge is 2.21. The first-order valence-corrected chi connectivity index (χ1v) is 14.1. The maximum atomic E-state index is 13.3. The molecule has 0 radical (unpaired) electrons. The normalized spacial score (nSPS) is 11.1. The molecule has 0 bridgehead atoms. The lowest BCUT2D eigenvalue weighted by atomic mass is 10.0. The Hall–Kier alpha value is -4.50. The first-order valence-electron chi connectivity index (χ1n) is 13.0. The molecule has 0 spiro atoms. The van der Waals surface area contributed by atoms with Crippen molar-refractivity contribution in [2.75, 3.05) is 13.7 Å².